The first kappa shape index (κ1) is 12.8. The molecule has 0 aliphatic heterocycles. The van der Waals surface area contributed by atoms with Crippen LogP contribution in [0.2, 0.25) is 0 Å². The quantitative estimate of drug-likeness (QED) is 0.898. The number of rotatable bonds is 3. The molecular weight excluding hydrogens is 222 g/mol. The number of nitrogens with one attached hydrogen (secondary N) is 1. The second-order valence-corrected chi connectivity index (χ2v) is 4.86. The monoisotopic (exact) mass is 243 g/mol. The molecule has 3 heteroatoms. The van der Waals surface area contributed by atoms with E-state index in [-0.39, 0.29) is 0 Å². The van der Waals surface area contributed by atoms with Crippen molar-refractivity contribution >= 4 is 0 Å². The Kier molecular flexibility index (Phi) is 3.53. The fourth-order valence-corrected chi connectivity index (χ4v) is 2.38. The Morgan fingerprint density at radius 3 is 2.56 bits per heavy atom. The summed E-state index contributed by atoms with van der Waals surface area (Å²) < 4.78 is 2.17. The largest absolute Gasteiger partial charge is 0.331 e. The molecule has 0 fully saturated rings. The molecule has 1 heterocycles. The third-order valence-corrected chi connectivity index (χ3v) is 3.37. The summed E-state index contributed by atoms with van der Waals surface area (Å²) in [5.74, 6) is 1.05. The van der Waals surface area contributed by atoms with E-state index in [9.17, 15) is 0 Å². The summed E-state index contributed by atoms with van der Waals surface area (Å²) >= 11 is 0. The molecule has 0 radical (unpaired) electrons. The molecule has 0 amide bonds. The zero-order valence-corrected chi connectivity index (χ0v) is 11.8. The fourth-order valence-electron chi connectivity index (χ4n) is 2.38. The van der Waals surface area contributed by atoms with Crippen LogP contribution in [-0.2, 0) is 13.6 Å². The predicted molar refractivity (Wildman–Crippen MR) is 75.6 cm³/mol. The Bertz CT molecular complexity index is 567. The van der Waals surface area contributed by atoms with E-state index in [1.54, 1.807) is 0 Å². The normalized spacial score (nSPS) is 10.9. The zero-order chi connectivity index (χ0) is 13.3. The SMILES string of the molecule is CNCc1nc(C)n(C)c1-c1ccc(C)cc1C. The van der Waals surface area contributed by atoms with E-state index in [1.807, 2.05) is 14.0 Å². The highest BCUT2D eigenvalue weighted by atomic mass is 15.1. The van der Waals surface area contributed by atoms with Gasteiger partial charge in [-0.15, -0.1) is 0 Å². The Hall–Kier alpha value is -1.61. The molecule has 1 aromatic carbocycles. The summed E-state index contributed by atoms with van der Waals surface area (Å²) in [5, 5.41) is 3.19. The van der Waals surface area contributed by atoms with Gasteiger partial charge in [-0.25, -0.2) is 4.98 Å². The first-order valence-electron chi connectivity index (χ1n) is 6.29. The molecule has 0 spiro atoms. The number of benzene rings is 1. The van der Waals surface area contributed by atoms with Crippen molar-refractivity contribution in [2.75, 3.05) is 7.05 Å². The molecule has 2 rings (SSSR count). The van der Waals surface area contributed by atoms with Crippen molar-refractivity contribution in [2.45, 2.75) is 27.3 Å². The van der Waals surface area contributed by atoms with E-state index in [0.29, 0.717) is 0 Å². The third-order valence-electron chi connectivity index (χ3n) is 3.37. The van der Waals surface area contributed by atoms with Crippen molar-refractivity contribution in [1.82, 2.24) is 14.9 Å². The van der Waals surface area contributed by atoms with Crippen LogP contribution < -0.4 is 5.32 Å². The summed E-state index contributed by atoms with van der Waals surface area (Å²) in [6.07, 6.45) is 0. The van der Waals surface area contributed by atoms with Gasteiger partial charge in [-0.2, -0.15) is 0 Å². The topological polar surface area (TPSA) is 29.9 Å². The van der Waals surface area contributed by atoms with Crippen LogP contribution in [0.25, 0.3) is 11.3 Å². The number of hydrogen-bond donors (Lipinski definition) is 1. The van der Waals surface area contributed by atoms with Crippen molar-refractivity contribution < 1.29 is 0 Å². The molecule has 0 aliphatic rings. The van der Waals surface area contributed by atoms with E-state index in [1.165, 1.54) is 22.4 Å². The number of aryl methyl sites for hydroxylation is 3. The zero-order valence-electron chi connectivity index (χ0n) is 11.8. The van der Waals surface area contributed by atoms with Crippen LogP contribution in [0.15, 0.2) is 18.2 Å². The lowest BCUT2D eigenvalue weighted by Gasteiger charge is -2.10. The lowest BCUT2D eigenvalue weighted by atomic mass is 10.0. The Labute approximate surface area is 109 Å². The molecule has 96 valence electrons. The van der Waals surface area contributed by atoms with Crippen molar-refractivity contribution in [3.8, 4) is 11.3 Å². The molecule has 1 aromatic heterocycles. The molecule has 0 atom stereocenters. The summed E-state index contributed by atoms with van der Waals surface area (Å²) in [6.45, 7) is 7.13. The number of nitrogens with zero attached hydrogens (tertiary/aromatic N) is 2. The van der Waals surface area contributed by atoms with Crippen LogP contribution in [0.1, 0.15) is 22.6 Å². The van der Waals surface area contributed by atoms with Gasteiger partial charge in [0.25, 0.3) is 0 Å². The van der Waals surface area contributed by atoms with E-state index < -0.39 is 0 Å². The maximum atomic E-state index is 4.64. The van der Waals surface area contributed by atoms with Gasteiger partial charge in [-0.1, -0.05) is 23.8 Å². The van der Waals surface area contributed by atoms with E-state index in [0.717, 1.165) is 18.1 Å². The molecule has 2 aromatic rings. The van der Waals surface area contributed by atoms with Crippen LogP contribution in [0.4, 0.5) is 0 Å². The minimum atomic E-state index is 0.796. The maximum Gasteiger partial charge on any atom is 0.106 e. The Morgan fingerprint density at radius 2 is 1.94 bits per heavy atom. The molecule has 3 nitrogen and oxygen atoms in total. The molecule has 1 N–H and O–H groups in total. The van der Waals surface area contributed by atoms with Crippen LogP contribution in [0, 0.1) is 20.8 Å². The molecule has 0 bridgehead atoms. The number of aromatic nitrogens is 2. The third kappa shape index (κ3) is 2.18. The van der Waals surface area contributed by atoms with Crippen molar-refractivity contribution in [1.29, 1.82) is 0 Å². The van der Waals surface area contributed by atoms with Gasteiger partial charge >= 0.3 is 0 Å². The van der Waals surface area contributed by atoms with Crippen molar-refractivity contribution in [3.63, 3.8) is 0 Å². The molecule has 0 saturated carbocycles. The van der Waals surface area contributed by atoms with Crippen LogP contribution in [-0.4, -0.2) is 16.6 Å². The van der Waals surface area contributed by atoms with Crippen LogP contribution in [0.5, 0.6) is 0 Å². The highest BCUT2D eigenvalue weighted by Gasteiger charge is 2.15. The van der Waals surface area contributed by atoms with E-state index >= 15 is 0 Å². The summed E-state index contributed by atoms with van der Waals surface area (Å²) in [6, 6.07) is 6.58. The van der Waals surface area contributed by atoms with Gasteiger partial charge in [0.15, 0.2) is 0 Å². The van der Waals surface area contributed by atoms with Gasteiger partial charge in [0.05, 0.1) is 11.4 Å². The Balaban J connectivity index is 2.62. The number of imidazole rings is 1. The maximum absolute atomic E-state index is 4.64. The number of hydrogen-bond acceptors (Lipinski definition) is 2. The van der Waals surface area contributed by atoms with E-state index in [4.69, 9.17) is 0 Å². The minimum Gasteiger partial charge on any atom is -0.331 e. The highest BCUT2D eigenvalue weighted by Crippen LogP contribution is 2.28. The van der Waals surface area contributed by atoms with Gasteiger partial charge in [-0.3, -0.25) is 0 Å². The lowest BCUT2D eigenvalue weighted by Crippen LogP contribution is -2.07. The molecule has 0 saturated heterocycles. The second-order valence-electron chi connectivity index (χ2n) is 4.86. The van der Waals surface area contributed by atoms with Crippen LogP contribution in [0.3, 0.4) is 0 Å². The average molecular weight is 243 g/mol. The minimum absolute atomic E-state index is 0.796. The van der Waals surface area contributed by atoms with Gasteiger partial charge < -0.3 is 9.88 Å². The van der Waals surface area contributed by atoms with Crippen LogP contribution >= 0.6 is 0 Å². The van der Waals surface area contributed by atoms with Crippen molar-refractivity contribution in [2.24, 2.45) is 7.05 Å². The molecule has 0 unspecified atom stereocenters. The second kappa shape index (κ2) is 4.94. The van der Waals surface area contributed by atoms with E-state index in [2.05, 4.69) is 54.0 Å². The summed E-state index contributed by atoms with van der Waals surface area (Å²) in [7, 11) is 4.03. The predicted octanol–water partition coefficient (Wildman–Crippen LogP) is 2.73. The van der Waals surface area contributed by atoms with Gasteiger partial charge in [0, 0.05) is 19.2 Å². The standard InChI is InChI=1S/C15H21N3/c1-10-6-7-13(11(2)8-10)15-14(9-16-4)17-12(3)18(15)5/h6-8,16H,9H2,1-5H3. The summed E-state index contributed by atoms with van der Waals surface area (Å²) in [4.78, 5) is 4.64. The lowest BCUT2D eigenvalue weighted by molar-refractivity contribution is 0.796. The highest BCUT2D eigenvalue weighted by molar-refractivity contribution is 5.67. The smallest absolute Gasteiger partial charge is 0.106 e. The Morgan fingerprint density at radius 1 is 1.22 bits per heavy atom. The molecule has 0 aliphatic carbocycles. The molecule has 18 heavy (non-hydrogen) atoms. The first-order chi connectivity index (χ1) is 8.54. The van der Waals surface area contributed by atoms with Gasteiger partial charge in [0.1, 0.15) is 5.82 Å². The van der Waals surface area contributed by atoms with Crippen molar-refractivity contribution in [3.05, 3.63) is 40.8 Å². The summed E-state index contributed by atoms with van der Waals surface area (Å²) in [5.41, 5.74) is 6.21. The first-order valence-corrected chi connectivity index (χ1v) is 6.29. The van der Waals surface area contributed by atoms with Gasteiger partial charge in [-0.05, 0) is 33.4 Å². The average Bonchev–Trinajstić information content (AvgIpc) is 2.57. The van der Waals surface area contributed by atoms with Gasteiger partial charge in [0.2, 0.25) is 0 Å². The molecular formula is C15H21N3. The fraction of sp³-hybridized carbons (Fsp3) is 0.400.